The zero-order valence-corrected chi connectivity index (χ0v) is 55.7. The average molecular weight is 1300 g/mol. The average Bonchev–Trinajstić information content (AvgIpc) is 1.51. The van der Waals surface area contributed by atoms with E-state index >= 15 is 0 Å². The van der Waals surface area contributed by atoms with Crippen LogP contribution in [0.1, 0.15) is 22.3 Å². The van der Waals surface area contributed by atoms with Crippen molar-refractivity contribution < 1.29 is 9.47 Å². The Balaban J connectivity index is 0.759. The monoisotopic (exact) mass is 1300 g/mol. The number of ether oxygens (including phenoxy) is 2. The topological polar surface area (TPSA) is 28.3 Å². The second-order valence-electron chi connectivity index (χ2n) is 28.9. The van der Waals surface area contributed by atoms with Crippen molar-refractivity contribution in [3.8, 4) is 123 Å². The molecule has 18 aromatic rings. The Morgan fingerprint density at radius 2 is 0.553 bits per heavy atom. The molecule has 1 spiro atoms. The van der Waals surface area contributed by atoms with Crippen molar-refractivity contribution in [2.75, 3.05) is 0 Å². The van der Waals surface area contributed by atoms with E-state index in [1.807, 2.05) is 0 Å². The molecule has 6 aliphatic rings. The maximum Gasteiger partial charge on any atom is 0.256 e. The van der Waals surface area contributed by atoms with Crippen molar-refractivity contribution in [3.05, 3.63) is 362 Å². The molecule has 6 heterocycles. The standard InChI is InChI=1S/C97H56B2N2O2/c1-7-23-57(24-8-1)63-39-41-85-73(43-63)75-45-65(59-27-11-3-12-28-59)47-83-95(75)100(85)87-49-67(61-31-15-5-16-32-61)51-91-93(87)98(83)81-53-71-69-35-19-21-37-77(69)97(79(71)55-89(81)102-91)78-38-22-20-36-70(78)72-54-82-90(56-80(72)97)103-92-52-68(62-33-17-6-18-34-62)50-88-94(92)99(82)84-48-66(60-29-13-4-14-30-60)46-76-74-44-64(58-25-9-2-10-26-58)40-42-86(74)101(88)96(76)84/h1-56H. The molecule has 16 aromatic carbocycles. The van der Waals surface area contributed by atoms with Gasteiger partial charge in [-0.25, -0.2) is 0 Å². The summed E-state index contributed by atoms with van der Waals surface area (Å²) in [5.74, 6) is 3.50. The summed E-state index contributed by atoms with van der Waals surface area (Å²) in [6.07, 6.45) is 0. The van der Waals surface area contributed by atoms with Crippen LogP contribution in [0, 0.1) is 0 Å². The van der Waals surface area contributed by atoms with Crippen LogP contribution in [0.15, 0.2) is 340 Å². The maximum atomic E-state index is 7.81. The third-order valence-electron chi connectivity index (χ3n) is 23.8. The van der Waals surface area contributed by atoms with Gasteiger partial charge in [0.05, 0.1) is 16.4 Å². The molecule has 0 unspecified atom stereocenters. The lowest BCUT2D eigenvalue weighted by atomic mass is 9.34. The summed E-state index contributed by atoms with van der Waals surface area (Å²) in [5, 5.41) is 4.92. The van der Waals surface area contributed by atoms with E-state index in [0.29, 0.717) is 0 Å². The number of hydrogen-bond donors (Lipinski definition) is 0. The number of rotatable bonds is 6. The number of hydrogen-bond acceptors (Lipinski definition) is 2. The largest absolute Gasteiger partial charge is 0.458 e. The van der Waals surface area contributed by atoms with Crippen molar-refractivity contribution in [2.45, 2.75) is 5.41 Å². The van der Waals surface area contributed by atoms with E-state index < -0.39 is 5.41 Å². The third-order valence-corrected chi connectivity index (χ3v) is 23.8. The lowest BCUT2D eigenvalue weighted by Gasteiger charge is -2.36. The Morgan fingerprint density at radius 1 is 0.223 bits per heavy atom. The minimum absolute atomic E-state index is 0.176. The molecular weight excluding hydrogens is 1250 g/mol. The predicted octanol–water partition coefficient (Wildman–Crippen LogP) is 20.1. The van der Waals surface area contributed by atoms with Crippen LogP contribution in [-0.4, -0.2) is 22.6 Å². The molecule has 0 saturated carbocycles. The number of benzene rings is 16. The molecule has 2 aromatic heterocycles. The van der Waals surface area contributed by atoms with Gasteiger partial charge in [0.15, 0.2) is 0 Å². The first-order valence-electron chi connectivity index (χ1n) is 35.9. The Bertz CT molecular complexity index is 6370. The van der Waals surface area contributed by atoms with Gasteiger partial charge in [0, 0.05) is 44.0 Å². The lowest BCUT2D eigenvalue weighted by molar-refractivity contribution is 0.485. The summed E-state index contributed by atoms with van der Waals surface area (Å²) in [6, 6.07) is 127. The Hall–Kier alpha value is -13.2. The minimum atomic E-state index is -0.755. The first kappa shape index (κ1) is 55.7. The third kappa shape index (κ3) is 7.50. The van der Waals surface area contributed by atoms with Crippen LogP contribution in [0.5, 0.6) is 23.0 Å². The molecule has 0 radical (unpaired) electrons. The molecule has 0 atom stereocenters. The highest BCUT2D eigenvalue weighted by atomic mass is 16.5. The van der Waals surface area contributed by atoms with Gasteiger partial charge in [-0.2, -0.15) is 0 Å². The first-order valence-corrected chi connectivity index (χ1v) is 35.9. The Morgan fingerprint density at radius 3 is 0.932 bits per heavy atom. The molecule has 6 heteroatoms. The van der Waals surface area contributed by atoms with Crippen molar-refractivity contribution in [2.24, 2.45) is 0 Å². The maximum absolute atomic E-state index is 7.81. The van der Waals surface area contributed by atoms with E-state index in [-0.39, 0.29) is 13.4 Å². The number of fused-ring (bicyclic) bond motifs is 24. The predicted molar refractivity (Wildman–Crippen MR) is 426 cm³/mol. The van der Waals surface area contributed by atoms with E-state index in [4.69, 9.17) is 9.47 Å². The summed E-state index contributed by atoms with van der Waals surface area (Å²) in [5.41, 5.74) is 37.5. The van der Waals surface area contributed by atoms with Crippen LogP contribution in [0.2, 0.25) is 0 Å². The quantitative estimate of drug-likeness (QED) is 0.155. The van der Waals surface area contributed by atoms with E-state index in [0.717, 1.165) is 67.6 Å². The molecule has 0 amide bonds. The summed E-state index contributed by atoms with van der Waals surface area (Å²) in [6.45, 7) is -0.351. The fourth-order valence-electron chi connectivity index (χ4n) is 19.5. The number of aromatic nitrogens is 2. The van der Waals surface area contributed by atoms with Crippen LogP contribution in [0.25, 0.3) is 144 Å². The van der Waals surface area contributed by atoms with Gasteiger partial charge in [0.1, 0.15) is 23.0 Å². The molecule has 2 aliphatic carbocycles. The molecule has 472 valence electrons. The van der Waals surface area contributed by atoms with Gasteiger partial charge >= 0.3 is 0 Å². The van der Waals surface area contributed by atoms with Crippen molar-refractivity contribution >= 4 is 89.8 Å². The zero-order valence-electron chi connectivity index (χ0n) is 55.7. The molecular formula is C97H56B2N2O2. The van der Waals surface area contributed by atoms with E-state index in [1.54, 1.807) is 0 Å². The first-order chi connectivity index (χ1) is 51.1. The molecule has 0 bridgehead atoms. The summed E-state index contributed by atoms with van der Waals surface area (Å²) in [4.78, 5) is 0. The lowest BCUT2D eigenvalue weighted by Crippen LogP contribution is -2.58. The summed E-state index contributed by atoms with van der Waals surface area (Å²) >= 11 is 0. The molecule has 24 rings (SSSR count). The fraction of sp³-hybridized carbons (Fsp3) is 0.0103. The SMILES string of the molecule is c1ccc(-c2cc3c4c(c2)-n2c5ccc(-c6ccccc6)cc5c5cc(-c6ccccc6)cc(c52)B4c2cc4c(cc2O3)C2(c3ccccc3-4)c3ccccc3-c3cc4c(cc32)Oc2cc(-c3ccccc3)cc3c2B4c2cc(-c4ccccc4)cc4c5cc(-c6ccccc6)ccc5n-3c24)cc1. The second-order valence-corrected chi connectivity index (χ2v) is 28.9. The zero-order chi connectivity index (χ0) is 66.9. The van der Waals surface area contributed by atoms with Crippen molar-refractivity contribution in [3.63, 3.8) is 0 Å². The Labute approximate surface area is 595 Å². The molecule has 4 nitrogen and oxygen atoms in total. The molecule has 103 heavy (non-hydrogen) atoms. The van der Waals surface area contributed by atoms with Crippen LogP contribution in [-0.2, 0) is 5.41 Å². The fourth-order valence-corrected chi connectivity index (χ4v) is 19.5. The van der Waals surface area contributed by atoms with Crippen molar-refractivity contribution in [1.29, 1.82) is 0 Å². The highest BCUT2D eigenvalue weighted by molar-refractivity contribution is 7.00. The van der Waals surface area contributed by atoms with E-state index in [2.05, 4.69) is 349 Å². The van der Waals surface area contributed by atoms with E-state index in [1.165, 1.54) is 154 Å². The highest BCUT2D eigenvalue weighted by Gasteiger charge is 2.55. The van der Waals surface area contributed by atoms with Crippen LogP contribution in [0.4, 0.5) is 0 Å². The molecule has 0 N–H and O–H groups in total. The molecule has 0 fully saturated rings. The van der Waals surface area contributed by atoms with Gasteiger partial charge in [-0.05, 0) is 217 Å². The summed E-state index contributed by atoms with van der Waals surface area (Å²) in [7, 11) is 0. The smallest absolute Gasteiger partial charge is 0.256 e. The molecule has 0 saturated heterocycles. The Kier molecular flexibility index (Phi) is 11.1. The van der Waals surface area contributed by atoms with Gasteiger partial charge in [-0.1, -0.05) is 267 Å². The van der Waals surface area contributed by atoms with Crippen LogP contribution >= 0.6 is 0 Å². The highest BCUT2D eigenvalue weighted by Crippen LogP contribution is 2.64. The second kappa shape index (κ2) is 20.5. The van der Waals surface area contributed by atoms with Crippen molar-refractivity contribution in [1.82, 2.24) is 9.13 Å². The van der Waals surface area contributed by atoms with Gasteiger partial charge in [0.2, 0.25) is 0 Å². The molecule has 4 aliphatic heterocycles. The summed E-state index contributed by atoms with van der Waals surface area (Å²) < 4.78 is 20.7. The van der Waals surface area contributed by atoms with Crippen LogP contribution < -0.4 is 42.3 Å². The number of nitrogens with zero attached hydrogens (tertiary/aromatic N) is 2. The minimum Gasteiger partial charge on any atom is -0.458 e. The van der Waals surface area contributed by atoms with E-state index in [9.17, 15) is 0 Å². The van der Waals surface area contributed by atoms with Gasteiger partial charge in [-0.15, -0.1) is 0 Å². The van der Waals surface area contributed by atoms with Gasteiger partial charge < -0.3 is 18.6 Å². The van der Waals surface area contributed by atoms with Gasteiger partial charge in [0.25, 0.3) is 13.4 Å². The van der Waals surface area contributed by atoms with Gasteiger partial charge in [-0.3, -0.25) is 0 Å². The normalized spacial score (nSPS) is 13.6. The van der Waals surface area contributed by atoms with Crippen LogP contribution in [0.3, 0.4) is 0 Å².